The van der Waals surface area contributed by atoms with Crippen molar-refractivity contribution in [1.29, 1.82) is 0 Å². The fourth-order valence-corrected chi connectivity index (χ4v) is 5.41. The van der Waals surface area contributed by atoms with Crippen molar-refractivity contribution in [3.8, 4) is 22.4 Å². The van der Waals surface area contributed by atoms with Crippen LogP contribution in [0.5, 0.6) is 0 Å². The molecule has 28 heavy (non-hydrogen) atoms. The van der Waals surface area contributed by atoms with Gasteiger partial charge in [-0.1, -0.05) is 43.2 Å². The van der Waals surface area contributed by atoms with Crippen molar-refractivity contribution in [2.45, 2.75) is 58.8 Å². The zero-order valence-electron chi connectivity index (χ0n) is 17.6. The molecule has 0 N–H and O–H groups in total. The Kier molecular flexibility index (Phi) is 4.16. The Balaban J connectivity index is 1.64. The zero-order chi connectivity index (χ0) is 19.4. The first-order valence-electron chi connectivity index (χ1n) is 10.8. The van der Waals surface area contributed by atoms with E-state index in [9.17, 15) is 0 Å². The Morgan fingerprint density at radius 1 is 0.821 bits per heavy atom. The van der Waals surface area contributed by atoms with Crippen LogP contribution >= 0.6 is 0 Å². The molecule has 2 aliphatic carbocycles. The molecular weight excluding hydrogens is 338 g/mol. The smallest absolute Gasteiger partial charge is 0.201 e. The van der Waals surface area contributed by atoms with Crippen molar-refractivity contribution in [2.75, 3.05) is 0 Å². The summed E-state index contributed by atoms with van der Waals surface area (Å²) in [7, 11) is 2.18. The average Bonchev–Trinajstić information content (AvgIpc) is 3.32. The van der Waals surface area contributed by atoms with Crippen LogP contribution in [0.25, 0.3) is 22.4 Å². The van der Waals surface area contributed by atoms with Gasteiger partial charge in [-0.25, -0.2) is 4.57 Å². The summed E-state index contributed by atoms with van der Waals surface area (Å²) in [5.41, 5.74) is 14.3. The summed E-state index contributed by atoms with van der Waals surface area (Å²) in [5, 5.41) is 0. The molecule has 0 aliphatic heterocycles. The molecule has 1 aromatic heterocycles. The molecule has 0 unspecified atom stereocenters. The van der Waals surface area contributed by atoms with Gasteiger partial charge in [-0.2, -0.15) is 0 Å². The van der Waals surface area contributed by atoms with Crippen molar-refractivity contribution in [2.24, 2.45) is 7.05 Å². The highest BCUT2D eigenvalue weighted by Gasteiger charge is 2.28. The van der Waals surface area contributed by atoms with Crippen LogP contribution in [0.15, 0.2) is 42.6 Å². The first kappa shape index (κ1) is 17.7. The van der Waals surface area contributed by atoms with Gasteiger partial charge in [0.15, 0.2) is 6.20 Å². The summed E-state index contributed by atoms with van der Waals surface area (Å²) in [6.45, 7) is 6.68. The molecule has 0 bridgehead atoms. The summed E-state index contributed by atoms with van der Waals surface area (Å²) >= 11 is 0. The van der Waals surface area contributed by atoms with Crippen LogP contribution < -0.4 is 4.57 Å². The van der Waals surface area contributed by atoms with Crippen molar-refractivity contribution in [1.82, 2.24) is 0 Å². The van der Waals surface area contributed by atoms with E-state index in [0.29, 0.717) is 0 Å². The van der Waals surface area contributed by atoms with Gasteiger partial charge in [0.25, 0.3) is 0 Å². The molecule has 1 heterocycles. The molecule has 142 valence electrons. The molecular formula is C27H30N+. The SMILES string of the molecule is Cc1cc(-c2c(C)ccc3c2Cc2cc(C4CCCC4)ccc2-3)[n+](C)cc1C. The monoisotopic (exact) mass is 368 g/mol. The van der Waals surface area contributed by atoms with Gasteiger partial charge >= 0.3 is 0 Å². The average molecular weight is 369 g/mol. The molecule has 0 amide bonds. The third-order valence-corrected chi connectivity index (χ3v) is 7.13. The van der Waals surface area contributed by atoms with Crippen LogP contribution in [0.3, 0.4) is 0 Å². The normalized spacial score (nSPS) is 15.7. The van der Waals surface area contributed by atoms with E-state index in [-0.39, 0.29) is 0 Å². The number of fused-ring (bicyclic) bond motifs is 3. The predicted octanol–water partition coefficient (Wildman–Crippen LogP) is 6.33. The van der Waals surface area contributed by atoms with Gasteiger partial charge < -0.3 is 0 Å². The quantitative estimate of drug-likeness (QED) is 0.364. The Labute approximate surface area is 169 Å². The number of nitrogens with zero attached hydrogens (tertiary/aromatic N) is 1. The van der Waals surface area contributed by atoms with E-state index in [1.54, 1.807) is 5.56 Å². The predicted molar refractivity (Wildman–Crippen MR) is 117 cm³/mol. The Morgan fingerprint density at radius 2 is 1.57 bits per heavy atom. The first-order chi connectivity index (χ1) is 13.5. The van der Waals surface area contributed by atoms with Crippen LogP contribution in [-0.4, -0.2) is 0 Å². The van der Waals surface area contributed by atoms with Gasteiger partial charge in [-0.15, -0.1) is 0 Å². The molecule has 2 aliphatic rings. The molecule has 1 fully saturated rings. The van der Waals surface area contributed by atoms with Gasteiger partial charge in [0.05, 0.1) is 5.56 Å². The Morgan fingerprint density at radius 3 is 2.36 bits per heavy atom. The van der Waals surface area contributed by atoms with Gasteiger partial charge in [0.1, 0.15) is 7.05 Å². The van der Waals surface area contributed by atoms with Crippen molar-refractivity contribution >= 4 is 0 Å². The molecule has 0 spiro atoms. The van der Waals surface area contributed by atoms with Crippen molar-refractivity contribution in [3.63, 3.8) is 0 Å². The minimum Gasteiger partial charge on any atom is -0.201 e. The lowest BCUT2D eigenvalue weighted by Gasteiger charge is -2.12. The molecule has 0 saturated heterocycles. The standard InChI is InChI=1S/C27H30N/c1-17-9-11-24-23-12-10-21(20-7-5-6-8-20)14-22(23)15-25(24)27(17)26-13-18(2)19(3)16-28(26)4/h9-14,16,20H,5-8,15H2,1-4H3/q+1. The van der Waals surface area contributed by atoms with E-state index in [2.05, 4.69) is 75.0 Å². The van der Waals surface area contributed by atoms with Crippen LogP contribution in [0.2, 0.25) is 0 Å². The van der Waals surface area contributed by atoms with Crippen LogP contribution in [0.4, 0.5) is 0 Å². The lowest BCUT2D eigenvalue weighted by atomic mass is 9.93. The largest absolute Gasteiger partial charge is 0.213 e. The highest BCUT2D eigenvalue weighted by Crippen LogP contribution is 2.44. The van der Waals surface area contributed by atoms with Gasteiger partial charge in [-0.3, -0.25) is 0 Å². The zero-order valence-corrected chi connectivity index (χ0v) is 17.6. The summed E-state index contributed by atoms with van der Waals surface area (Å²) in [4.78, 5) is 0. The molecule has 1 saturated carbocycles. The highest BCUT2D eigenvalue weighted by atomic mass is 14.9. The fraction of sp³-hybridized carbons (Fsp3) is 0.370. The first-order valence-corrected chi connectivity index (χ1v) is 10.8. The second kappa shape index (κ2) is 6.58. The fourth-order valence-electron chi connectivity index (χ4n) is 5.41. The topological polar surface area (TPSA) is 3.88 Å². The van der Waals surface area contributed by atoms with E-state index >= 15 is 0 Å². The molecule has 1 nitrogen and oxygen atoms in total. The number of hydrogen-bond acceptors (Lipinski definition) is 0. The van der Waals surface area contributed by atoms with Crippen LogP contribution in [-0.2, 0) is 13.5 Å². The number of aromatic nitrogens is 1. The lowest BCUT2D eigenvalue weighted by Crippen LogP contribution is -2.32. The highest BCUT2D eigenvalue weighted by molar-refractivity contribution is 5.85. The van der Waals surface area contributed by atoms with E-state index in [4.69, 9.17) is 0 Å². The number of rotatable bonds is 2. The Hall–Kier alpha value is -2.41. The van der Waals surface area contributed by atoms with Crippen LogP contribution in [0.1, 0.15) is 65.0 Å². The second-order valence-corrected chi connectivity index (χ2v) is 8.99. The molecule has 5 rings (SSSR count). The van der Waals surface area contributed by atoms with Gasteiger partial charge in [0.2, 0.25) is 5.69 Å². The lowest BCUT2D eigenvalue weighted by molar-refractivity contribution is -0.660. The molecule has 3 aromatic rings. The van der Waals surface area contributed by atoms with Gasteiger partial charge in [0, 0.05) is 11.6 Å². The number of benzene rings is 2. The molecule has 0 radical (unpaired) electrons. The summed E-state index contributed by atoms with van der Waals surface area (Å²) in [6, 6.07) is 14.3. The van der Waals surface area contributed by atoms with Crippen LogP contribution in [0, 0.1) is 20.8 Å². The molecule has 2 aromatic carbocycles. The van der Waals surface area contributed by atoms with E-state index in [0.717, 1.165) is 12.3 Å². The maximum Gasteiger partial charge on any atom is 0.213 e. The number of pyridine rings is 1. The number of aryl methyl sites for hydroxylation is 4. The second-order valence-electron chi connectivity index (χ2n) is 8.99. The summed E-state index contributed by atoms with van der Waals surface area (Å²) < 4.78 is 2.30. The molecule has 0 atom stereocenters. The number of hydrogen-bond donors (Lipinski definition) is 0. The molecule has 1 heteroatoms. The third-order valence-electron chi connectivity index (χ3n) is 7.13. The van der Waals surface area contributed by atoms with Crippen molar-refractivity contribution < 1.29 is 4.57 Å². The van der Waals surface area contributed by atoms with Crippen molar-refractivity contribution in [3.05, 3.63) is 76.0 Å². The van der Waals surface area contributed by atoms with Gasteiger partial charge in [-0.05, 0) is 84.9 Å². The summed E-state index contributed by atoms with van der Waals surface area (Å²) in [5.74, 6) is 0.785. The summed E-state index contributed by atoms with van der Waals surface area (Å²) in [6.07, 6.45) is 8.87. The van der Waals surface area contributed by atoms with E-state index < -0.39 is 0 Å². The minimum atomic E-state index is 0.785. The Bertz CT molecular complexity index is 1080. The van der Waals surface area contributed by atoms with E-state index in [1.165, 1.54) is 75.9 Å². The maximum absolute atomic E-state index is 2.52. The van der Waals surface area contributed by atoms with E-state index in [1.807, 2.05) is 0 Å². The third kappa shape index (κ3) is 2.71. The maximum atomic E-state index is 2.52. The minimum absolute atomic E-state index is 0.785.